The summed E-state index contributed by atoms with van der Waals surface area (Å²) in [6.45, 7) is 2.90. The van der Waals surface area contributed by atoms with Gasteiger partial charge in [0, 0.05) is 18.2 Å². The lowest BCUT2D eigenvalue weighted by atomic mass is 9.93. The molecule has 1 fully saturated rings. The molecule has 0 unspecified atom stereocenters. The third-order valence-electron chi connectivity index (χ3n) is 4.34. The van der Waals surface area contributed by atoms with Gasteiger partial charge in [-0.25, -0.2) is 4.79 Å². The summed E-state index contributed by atoms with van der Waals surface area (Å²) in [6.07, 6.45) is 9.59. The number of furan rings is 1. The predicted molar refractivity (Wildman–Crippen MR) is 77.5 cm³/mol. The van der Waals surface area contributed by atoms with Crippen LogP contribution < -0.4 is 5.32 Å². The van der Waals surface area contributed by atoms with E-state index in [2.05, 4.69) is 12.2 Å². The number of nitrogens with one attached hydrogen (secondary N) is 1. The first kappa shape index (κ1) is 15.1. The lowest BCUT2D eigenvalue weighted by Crippen LogP contribution is -2.33. The minimum absolute atomic E-state index is 0.313. The highest BCUT2D eigenvalue weighted by atomic mass is 16.5. The minimum atomic E-state index is -0.408. The first-order valence-corrected chi connectivity index (χ1v) is 7.60. The van der Waals surface area contributed by atoms with E-state index in [1.807, 2.05) is 6.07 Å². The van der Waals surface area contributed by atoms with Crippen molar-refractivity contribution in [1.82, 2.24) is 5.32 Å². The molecular formula is C16H25NO3. The number of hydrogen-bond donors (Lipinski definition) is 1. The zero-order valence-electron chi connectivity index (χ0n) is 12.5. The Bertz CT molecular complexity index is 419. The standard InChI is InChI=1S/C16H25NO3/c1-12(13-7-5-3-4-6-8-13)17-11-14-9-10-20-15(14)16(18)19-2/h9-10,12-13,17H,3-8,11H2,1-2H3/t12-/m0/s1. The van der Waals surface area contributed by atoms with Crippen molar-refractivity contribution in [3.05, 3.63) is 23.7 Å². The van der Waals surface area contributed by atoms with Crippen LogP contribution >= 0.6 is 0 Å². The van der Waals surface area contributed by atoms with Crippen LogP contribution in [0.3, 0.4) is 0 Å². The molecule has 0 bridgehead atoms. The van der Waals surface area contributed by atoms with E-state index in [4.69, 9.17) is 9.15 Å². The fourth-order valence-electron chi connectivity index (χ4n) is 3.00. The number of carbonyl (C=O) groups is 1. The molecule has 1 saturated carbocycles. The number of hydrogen-bond acceptors (Lipinski definition) is 4. The largest absolute Gasteiger partial charge is 0.463 e. The van der Waals surface area contributed by atoms with E-state index in [9.17, 15) is 4.79 Å². The molecule has 112 valence electrons. The quantitative estimate of drug-likeness (QED) is 0.662. The van der Waals surface area contributed by atoms with Gasteiger partial charge in [-0.3, -0.25) is 0 Å². The second-order valence-corrected chi connectivity index (χ2v) is 5.69. The second kappa shape index (κ2) is 7.48. The molecule has 0 spiro atoms. The van der Waals surface area contributed by atoms with Crippen LogP contribution in [-0.4, -0.2) is 19.1 Å². The maximum atomic E-state index is 11.5. The summed E-state index contributed by atoms with van der Waals surface area (Å²) >= 11 is 0. The van der Waals surface area contributed by atoms with E-state index in [0.717, 1.165) is 11.5 Å². The van der Waals surface area contributed by atoms with E-state index < -0.39 is 5.97 Å². The summed E-state index contributed by atoms with van der Waals surface area (Å²) in [5.41, 5.74) is 0.873. The van der Waals surface area contributed by atoms with E-state index in [1.54, 1.807) is 6.26 Å². The van der Waals surface area contributed by atoms with Crippen LogP contribution in [0.5, 0.6) is 0 Å². The number of carbonyl (C=O) groups excluding carboxylic acids is 1. The lowest BCUT2D eigenvalue weighted by Gasteiger charge is -2.23. The molecule has 1 heterocycles. The minimum Gasteiger partial charge on any atom is -0.463 e. The molecule has 1 atom stereocenters. The molecule has 0 aliphatic heterocycles. The summed E-state index contributed by atoms with van der Waals surface area (Å²) in [5, 5.41) is 3.53. The molecule has 0 radical (unpaired) electrons. The van der Waals surface area contributed by atoms with Crippen LogP contribution in [0, 0.1) is 5.92 Å². The number of ether oxygens (including phenoxy) is 1. The lowest BCUT2D eigenvalue weighted by molar-refractivity contribution is 0.0563. The first-order chi connectivity index (χ1) is 9.72. The van der Waals surface area contributed by atoms with Crippen LogP contribution in [-0.2, 0) is 11.3 Å². The van der Waals surface area contributed by atoms with Gasteiger partial charge in [0.15, 0.2) is 0 Å². The molecule has 2 rings (SSSR count). The molecule has 0 aromatic carbocycles. The predicted octanol–water partition coefficient (Wildman–Crippen LogP) is 3.51. The van der Waals surface area contributed by atoms with E-state index in [1.165, 1.54) is 45.6 Å². The fourth-order valence-corrected chi connectivity index (χ4v) is 3.00. The molecule has 20 heavy (non-hydrogen) atoms. The summed E-state index contributed by atoms with van der Waals surface area (Å²) in [4.78, 5) is 11.5. The normalized spacial score (nSPS) is 18.5. The molecule has 4 heteroatoms. The topological polar surface area (TPSA) is 51.5 Å². The maximum absolute atomic E-state index is 11.5. The van der Waals surface area contributed by atoms with Crippen LogP contribution in [0.15, 0.2) is 16.7 Å². The number of methoxy groups -OCH3 is 1. The zero-order chi connectivity index (χ0) is 14.4. The van der Waals surface area contributed by atoms with Gasteiger partial charge in [0.05, 0.1) is 13.4 Å². The van der Waals surface area contributed by atoms with Crippen molar-refractivity contribution in [2.75, 3.05) is 7.11 Å². The average Bonchev–Trinajstić information content (AvgIpc) is 2.76. The Labute approximate surface area is 120 Å². The highest BCUT2D eigenvalue weighted by Gasteiger charge is 2.20. The Hall–Kier alpha value is -1.29. The second-order valence-electron chi connectivity index (χ2n) is 5.69. The van der Waals surface area contributed by atoms with Crippen molar-refractivity contribution in [3.8, 4) is 0 Å². The molecule has 0 amide bonds. The molecule has 1 aromatic rings. The van der Waals surface area contributed by atoms with Crippen molar-refractivity contribution in [2.45, 2.75) is 58.0 Å². The van der Waals surface area contributed by atoms with Crippen molar-refractivity contribution in [3.63, 3.8) is 0 Å². The van der Waals surface area contributed by atoms with Gasteiger partial charge in [-0.05, 0) is 31.7 Å². The van der Waals surface area contributed by atoms with Crippen molar-refractivity contribution < 1.29 is 13.9 Å². The highest BCUT2D eigenvalue weighted by molar-refractivity contribution is 5.87. The SMILES string of the molecule is COC(=O)c1occc1CN[C@@H](C)C1CCCCCC1. The Balaban J connectivity index is 1.88. The summed E-state index contributed by atoms with van der Waals surface area (Å²) in [6, 6.07) is 2.30. The summed E-state index contributed by atoms with van der Waals surface area (Å²) in [7, 11) is 1.37. The Morgan fingerprint density at radius 1 is 1.40 bits per heavy atom. The molecule has 1 aromatic heterocycles. The van der Waals surface area contributed by atoms with Gasteiger partial charge in [-0.15, -0.1) is 0 Å². The smallest absolute Gasteiger partial charge is 0.374 e. The summed E-state index contributed by atoms with van der Waals surface area (Å²) < 4.78 is 9.92. The molecule has 1 aliphatic rings. The van der Waals surface area contributed by atoms with E-state index >= 15 is 0 Å². The molecule has 1 aliphatic carbocycles. The van der Waals surface area contributed by atoms with Crippen molar-refractivity contribution >= 4 is 5.97 Å². The van der Waals surface area contributed by atoms with E-state index in [-0.39, 0.29) is 0 Å². The first-order valence-electron chi connectivity index (χ1n) is 7.60. The average molecular weight is 279 g/mol. The Morgan fingerprint density at radius 2 is 2.10 bits per heavy atom. The van der Waals surface area contributed by atoms with Gasteiger partial charge >= 0.3 is 5.97 Å². The van der Waals surface area contributed by atoms with Gasteiger partial charge in [0.2, 0.25) is 5.76 Å². The van der Waals surface area contributed by atoms with E-state index in [0.29, 0.717) is 18.3 Å². The molecular weight excluding hydrogens is 254 g/mol. The summed E-state index contributed by atoms with van der Waals surface area (Å²) in [5.74, 6) is 0.646. The zero-order valence-corrected chi connectivity index (χ0v) is 12.5. The van der Waals surface area contributed by atoms with Gasteiger partial charge in [-0.2, -0.15) is 0 Å². The van der Waals surface area contributed by atoms with Gasteiger partial charge in [0.25, 0.3) is 0 Å². The van der Waals surface area contributed by atoms with Crippen molar-refractivity contribution in [2.24, 2.45) is 5.92 Å². The van der Waals surface area contributed by atoms with Gasteiger partial charge < -0.3 is 14.5 Å². The van der Waals surface area contributed by atoms with Crippen LogP contribution in [0.1, 0.15) is 61.6 Å². The van der Waals surface area contributed by atoms with Gasteiger partial charge in [-0.1, -0.05) is 25.7 Å². The molecule has 0 saturated heterocycles. The number of esters is 1. The maximum Gasteiger partial charge on any atom is 0.374 e. The third kappa shape index (κ3) is 3.85. The monoisotopic (exact) mass is 279 g/mol. The molecule has 1 N–H and O–H groups in total. The fraction of sp³-hybridized carbons (Fsp3) is 0.688. The molecule has 4 nitrogen and oxygen atoms in total. The van der Waals surface area contributed by atoms with Crippen LogP contribution in [0.2, 0.25) is 0 Å². The van der Waals surface area contributed by atoms with Crippen LogP contribution in [0.25, 0.3) is 0 Å². The third-order valence-corrected chi connectivity index (χ3v) is 4.34. The van der Waals surface area contributed by atoms with Crippen molar-refractivity contribution in [1.29, 1.82) is 0 Å². The Morgan fingerprint density at radius 3 is 2.75 bits per heavy atom. The van der Waals surface area contributed by atoms with Crippen LogP contribution in [0.4, 0.5) is 0 Å². The Kier molecular flexibility index (Phi) is 5.65. The highest BCUT2D eigenvalue weighted by Crippen LogP contribution is 2.25. The van der Waals surface area contributed by atoms with Gasteiger partial charge in [0.1, 0.15) is 0 Å². The number of rotatable bonds is 5.